The Hall–Kier alpha value is -1.91. The van der Waals surface area contributed by atoms with Gasteiger partial charge in [-0.2, -0.15) is 0 Å². The Morgan fingerprint density at radius 3 is 1.93 bits per heavy atom. The summed E-state index contributed by atoms with van der Waals surface area (Å²) in [4.78, 5) is 21.4. The van der Waals surface area contributed by atoms with Crippen LogP contribution in [0.15, 0.2) is 36.2 Å². The summed E-state index contributed by atoms with van der Waals surface area (Å²) in [6.07, 6.45) is 2.07. The Kier molecular flexibility index (Phi) is 5.70. The predicted molar refractivity (Wildman–Crippen MR) is 52.0 cm³/mol. The molecule has 0 heterocycles. The van der Waals surface area contributed by atoms with Crippen LogP contribution in [-0.2, 0) is 9.59 Å². The fourth-order valence-electron chi connectivity index (χ4n) is 0.986. The van der Waals surface area contributed by atoms with Crippen LogP contribution in [0.4, 0.5) is 4.39 Å². The number of aliphatic carboxylic acids is 2. The first-order chi connectivity index (χ1) is 7.04. The maximum Gasteiger partial charge on any atom is 0.332 e. The van der Waals surface area contributed by atoms with Crippen LogP contribution in [0.3, 0.4) is 0 Å². The third-order valence-corrected chi connectivity index (χ3v) is 1.64. The van der Waals surface area contributed by atoms with Crippen molar-refractivity contribution in [1.29, 1.82) is 0 Å². The van der Waals surface area contributed by atoms with Crippen molar-refractivity contribution >= 4 is 11.9 Å². The molecule has 0 unspecified atom stereocenters. The summed E-state index contributed by atoms with van der Waals surface area (Å²) < 4.78 is 11.7. The molecule has 0 aromatic heterocycles. The van der Waals surface area contributed by atoms with Crippen molar-refractivity contribution in [2.75, 3.05) is 0 Å². The van der Waals surface area contributed by atoms with Gasteiger partial charge in [-0.05, 0) is 6.42 Å². The van der Waals surface area contributed by atoms with Gasteiger partial charge in [-0.25, -0.2) is 14.0 Å². The van der Waals surface area contributed by atoms with Crippen LogP contribution >= 0.6 is 0 Å². The first-order valence-electron chi connectivity index (χ1n) is 4.09. The predicted octanol–water partition coefficient (Wildman–Crippen LogP) is 1.90. The molecule has 82 valence electrons. The van der Waals surface area contributed by atoms with Crippen molar-refractivity contribution < 1.29 is 24.2 Å². The molecular weight excluding hydrogens is 203 g/mol. The molecule has 0 amide bonds. The van der Waals surface area contributed by atoms with E-state index in [0.29, 0.717) is 0 Å². The largest absolute Gasteiger partial charge is 0.478 e. The van der Waals surface area contributed by atoms with E-state index >= 15 is 0 Å². The van der Waals surface area contributed by atoms with Crippen molar-refractivity contribution in [3.8, 4) is 0 Å². The molecule has 0 atom stereocenters. The highest BCUT2D eigenvalue weighted by Crippen LogP contribution is 2.15. The van der Waals surface area contributed by atoms with Crippen molar-refractivity contribution in [2.24, 2.45) is 0 Å². The van der Waals surface area contributed by atoms with Gasteiger partial charge in [-0.3, -0.25) is 0 Å². The van der Waals surface area contributed by atoms with Gasteiger partial charge >= 0.3 is 11.9 Å². The van der Waals surface area contributed by atoms with Crippen LogP contribution in [0.1, 0.15) is 12.8 Å². The van der Waals surface area contributed by atoms with Crippen molar-refractivity contribution in [2.45, 2.75) is 12.8 Å². The second kappa shape index (κ2) is 6.53. The Morgan fingerprint density at radius 2 is 1.60 bits per heavy atom. The van der Waals surface area contributed by atoms with Gasteiger partial charge in [-0.1, -0.05) is 12.2 Å². The summed E-state index contributed by atoms with van der Waals surface area (Å²) in [7, 11) is 0. The molecule has 0 aromatic rings. The molecule has 0 aliphatic heterocycles. The summed E-state index contributed by atoms with van der Waals surface area (Å²) in [5, 5.41) is 17.5. The van der Waals surface area contributed by atoms with E-state index in [2.05, 4.69) is 6.58 Å². The molecule has 0 saturated carbocycles. The van der Waals surface area contributed by atoms with E-state index in [9.17, 15) is 14.0 Å². The number of allylic oxidation sites excluding steroid dienone is 2. The zero-order valence-electron chi connectivity index (χ0n) is 7.94. The molecule has 15 heavy (non-hydrogen) atoms. The lowest BCUT2D eigenvalue weighted by atomic mass is 10.0. The van der Waals surface area contributed by atoms with E-state index in [-0.39, 0.29) is 30.3 Å². The molecule has 2 N–H and O–H groups in total. The van der Waals surface area contributed by atoms with E-state index in [1.807, 2.05) is 0 Å². The monoisotopic (exact) mass is 214 g/mol. The first kappa shape index (κ1) is 13.1. The molecule has 0 spiro atoms. The third-order valence-electron chi connectivity index (χ3n) is 1.64. The number of hydrogen-bond donors (Lipinski definition) is 2. The molecular formula is C10H11FO4. The summed E-state index contributed by atoms with van der Waals surface area (Å²) in [6.45, 7) is 3.32. The number of carboxylic acids is 2. The Morgan fingerprint density at radius 1 is 1.13 bits per heavy atom. The highest BCUT2D eigenvalue weighted by molar-refractivity contribution is 5.99. The van der Waals surface area contributed by atoms with Gasteiger partial charge < -0.3 is 10.2 Å². The molecule has 0 bridgehead atoms. The fraction of sp³-hybridized carbons (Fsp3) is 0.200. The number of carbonyl (C=O) groups is 2. The van der Waals surface area contributed by atoms with E-state index in [0.717, 1.165) is 6.08 Å². The van der Waals surface area contributed by atoms with Gasteiger partial charge in [0, 0.05) is 6.42 Å². The van der Waals surface area contributed by atoms with Crippen LogP contribution in [0.25, 0.3) is 0 Å². The van der Waals surface area contributed by atoms with Crippen LogP contribution < -0.4 is 0 Å². The van der Waals surface area contributed by atoms with Crippen molar-refractivity contribution in [3.63, 3.8) is 0 Å². The van der Waals surface area contributed by atoms with Gasteiger partial charge in [0.1, 0.15) is 0 Å². The van der Waals surface area contributed by atoms with Gasteiger partial charge in [0.25, 0.3) is 0 Å². The second-order valence-corrected chi connectivity index (χ2v) is 2.63. The average molecular weight is 214 g/mol. The number of halogens is 1. The van der Waals surface area contributed by atoms with Gasteiger partial charge in [0.15, 0.2) is 0 Å². The quantitative estimate of drug-likeness (QED) is 0.523. The molecule has 0 aromatic carbocycles. The summed E-state index contributed by atoms with van der Waals surface area (Å²) >= 11 is 0. The molecule has 0 radical (unpaired) electrons. The third kappa shape index (κ3) is 4.21. The van der Waals surface area contributed by atoms with Gasteiger partial charge in [0.05, 0.1) is 17.5 Å². The van der Waals surface area contributed by atoms with E-state index in [1.165, 1.54) is 6.08 Å². The van der Waals surface area contributed by atoms with Crippen LogP contribution in [0.2, 0.25) is 0 Å². The maximum absolute atomic E-state index is 11.7. The minimum atomic E-state index is -1.37. The normalized spacial score (nSPS) is 12.3. The summed E-state index contributed by atoms with van der Waals surface area (Å²) in [5.74, 6) is -2.70. The SMILES string of the molecule is C=CCC(C(=O)O)=C(CC=CF)C(=O)O. The van der Waals surface area contributed by atoms with Crippen LogP contribution in [0.5, 0.6) is 0 Å². The lowest BCUT2D eigenvalue weighted by molar-refractivity contribution is -0.136. The molecule has 0 rings (SSSR count). The number of carboxylic acid groups (broad SMARTS) is 2. The second-order valence-electron chi connectivity index (χ2n) is 2.63. The van der Waals surface area contributed by atoms with Crippen LogP contribution in [-0.4, -0.2) is 22.2 Å². The minimum absolute atomic E-state index is 0.0723. The standard InChI is InChI=1S/C10H11FO4/c1-2-4-7(9(12)13)8(10(14)15)5-3-6-11/h2-3,6H,1,4-5H2,(H,12,13)(H,14,15). The van der Waals surface area contributed by atoms with E-state index < -0.39 is 11.9 Å². The van der Waals surface area contributed by atoms with Crippen molar-refractivity contribution in [1.82, 2.24) is 0 Å². The topological polar surface area (TPSA) is 74.6 Å². The van der Waals surface area contributed by atoms with Gasteiger partial charge in [0.2, 0.25) is 0 Å². The fourth-order valence-corrected chi connectivity index (χ4v) is 0.986. The van der Waals surface area contributed by atoms with Gasteiger partial charge in [-0.15, -0.1) is 6.58 Å². The highest BCUT2D eigenvalue weighted by atomic mass is 19.1. The zero-order valence-corrected chi connectivity index (χ0v) is 7.94. The average Bonchev–Trinajstić information content (AvgIpc) is 2.16. The molecule has 0 aliphatic rings. The maximum atomic E-state index is 11.7. The number of rotatable bonds is 6. The lowest BCUT2D eigenvalue weighted by Gasteiger charge is -2.04. The molecule has 5 heteroatoms. The van der Waals surface area contributed by atoms with Crippen molar-refractivity contribution in [3.05, 3.63) is 36.2 Å². The zero-order chi connectivity index (χ0) is 11.8. The van der Waals surface area contributed by atoms with E-state index in [1.54, 1.807) is 0 Å². The number of hydrogen-bond acceptors (Lipinski definition) is 2. The lowest BCUT2D eigenvalue weighted by Crippen LogP contribution is -2.10. The Labute approximate surface area is 86.0 Å². The molecule has 4 nitrogen and oxygen atoms in total. The Balaban J connectivity index is 5.22. The van der Waals surface area contributed by atoms with Crippen LogP contribution in [0, 0.1) is 0 Å². The highest BCUT2D eigenvalue weighted by Gasteiger charge is 2.17. The molecule has 0 aliphatic carbocycles. The first-order valence-corrected chi connectivity index (χ1v) is 4.09. The summed E-state index contributed by atoms with van der Waals surface area (Å²) in [5.41, 5.74) is -0.619. The minimum Gasteiger partial charge on any atom is -0.478 e. The molecule has 0 saturated heterocycles. The summed E-state index contributed by atoms with van der Waals surface area (Å²) in [6, 6.07) is 0. The Bertz CT molecular complexity index is 328. The smallest absolute Gasteiger partial charge is 0.332 e. The van der Waals surface area contributed by atoms with E-state index in [4.69, 9.17) is 10.2 Å². The molecule has 0 fully saturated rings.